The van der Waals surface area contributed by atoms with Crippen LogP contribution in [0.5, 0.6) is 0 Å². The summed E-state index contributed by atoms with van der Waals surface area (Å²) in [6.45, 7) is 0. The fourth-order valence-corrected chi connectivity index (χ4v) is 1.72. The van der Waals surface area contributed by atoms with Crippen LogP contribution in [-0.2, 0) is 9.63 Å². The van der Waals surface area contributed by atoms with Crippen molar-refractivity contribution in [2.45, 2.75) is 19.3 Å². The van der Waals surface area contributed by atoms with Crippen molar-refractivity contribution in [2.75, 3.05) is 14.2 Å². The third-order valence-corrected chi connectivity index (χ3v) is 2.96. The monoisotopic (exact) mass is 155 g/mol. The number of carbonyl (C=O) groups is 1. The van der Waals surface area contributed by atoms with Crippen molar-refractivity contribution in [1.82, 2.24) is 5.06 Å². The summed E-state index contributed by atoms with van der Waals surface area (Å²) in [7, 11) is 3.20. The van der Waals surface area contributed by atoms with Gasteiger partial charge >= 0.3 is 0 Å². The zero-order valence-corrected chi connectivity index (χ0v) is 6.96. The second-order valence-corrected chi connectivity index (χ2v) is 3.64. The number of hydrogen-bond donors (Lipinski definition) is 0. The summed E-state index contributed by atoms with van der Waals surface area (Å²) in [6.07, 6.45) is 3.60. The number of hydrogen-bond acceptors (Lipinski definition) is 2. The lowest BCUT2D eigenvalue weighted by Gasteiger charge is -2.12. The molecule has 3 heteroatoms. The van der Waals surface area contributed by atoms with Crippen LogP contribution in [0.4, 0.5) is 0 Å². The Morgan fingerprint density at radius 3 is 2.64 bits per heavy atom. The molecule has 0 bridgehead atoms. The van der Waals surface area contributed by atoms with Gasteiger partial charge in [-0.1, -0.05) is 0 Å². The van der Waals surface area contributed by atoms with Gasteiger partial charge < -0.3 is 0 Å². The van der Waals surface area contributed by atoms with E-state index in [9.17, 15) is 4.79 Å². The highest BCUT2D eigenvalue weighted by Gasteiger charge is 2.66. The Kier molecular flexibility index (Phi) is 1.27. The minimum atomic E-state index is 0.157. The number of hydroxylamine groups is 2. The van der Waals surface area contributed by atoms with Crippen LogP contribution in [0.3, 0.4) is 0 Å². The third kappa shape index (κ3) is 0.948. The lowest BCUT2D eigenvalue weighted by atomic mass is 10.3. The predicted molar refractivity (Wildman–Crippen MR) is 39.6 cm³/mol. The number of nitrogens with zero attached hydrogens (tertiary/aromatic N) is 1. The Balaban J connectivity index is 1.91. The van der Waals surface area contributed by atoms with Gasteiger partial charge in [-0.2, -0.15) is 0 Å². The number of amides is 1. The van der Waals surface area contributed by atoms with Gasteiger partial charge in [0.2, 0.25) is 5.91 Å². The van der Waals surface area contributed by atoms with E-state index in [1.54, 1.807) is 7.05 Å². The molecule has 0 radical (unpaired) electrons. The quantitative estimate of drug-likeness (QED) is 0.552. The van der Waals surface area contributed by atoms with Gasteiger partial charge in [-0.15, -0.1) is 0 Å². The highest BCUT2D eigenvalue weighted by molar-refractivity contribution is 5.82. The second kappa shape index (κ2) is 1.97. The van der Waals surface area contributed by atoms with E-state index in [1.165, 1.54) is 25.0 Å². The molecule has 2 aliphatic rings. The van der Waals surface area contributed by atoms with Crippen molar-refractivity contribution in [3.63, 3.8) is 0 Å². The highest BCUT2D eigenvalue weighted by Crippen LogP contribution is 2.70. The first-order valence-electron chi connectivity index (χ1n) is 4.01. The van der Waals surface area contributed by atoms with E-state index in [1.807, 2.05) is 0 Å². The zero-order chi connectivity index (χ0) is 8.06. The summed E-state index contributed by atoms with van der Waals surface area (Å²) in [5.74, 6) is 0.442. The van der Waals surface area contributed by atoms with E-state index in [4.69, 9.17) is 4.84 Å². The maximum Gasteiger partial charge on any atom is 0.249 e. The van der Waals surface area contributed by atoms with Crippen LogP contribution in [0.15, 0.2) is 0 Å². The van der Waals surface area contributed by atoms with Gasteiger partial charge in [0.15, 0.2) is 0 Å². The van der Waals surface area contributed by atoms with Gasteiger partial charge in [-0.25, -0.2) is 5.06 Å². The predicted octanol–water partition coefficient (Wildman–Crippen LogP) is 0.806. The topological polar surface area (TPSA) is 29.5 Å². The van der Waals surface area contributed by atoms with Gasteiger partial charge in [0, 0.05) is 13.0 Å². The largest absolute Gasteiger partial charge is 0.275 e. The minimum absolute atomic E-state index is 0.157. The third-order valence-electron chi connectivity index (χ3n) is 2.96. The molecule has 1 atom stereocenters. The molecular weight excluding hydrogens is 142 g/mol. The van der Waals surface area contributed by atoms with E-state index in [2.05, 4.69) is 0 Å². The Hall–Kier alpha value is -0.570. The molecule has 0 aromatic heterocycles. The van der Waals surface area contributed by atoms with Crippen LogP contribution in [0, 0.1) is 11.3 Å². The minimum Gasteiger partial charge on any atom is -0.275 e. The maximum atomic E-state index is 11.4. The first kappa shape index (κ1) is 7.10. The summed E-state index contributed by atoms with van der Waals surface area (Å²) in [5, 5.41) is 1.34. The summed E-state index contributed by atoms with van der Waals surface area (Å²) < 4.78 is 0. The molecule has 2 rings (SSSR count). The highest BCUT2D eigenvalue weighted by atomic mass is 16.7. The fourth-order valence-electron chi connectivity index (χ4n) is 1.72. The Morgan fingerprint density at radius 2 is 2.27 bits per heavy atom. The second-order valence-electron chi connectivity index (χ2n) is 3.64. The van der Waals surface area contributed by atoms with Crippen molar-refractivity contribution in [2.24, 2.45) is 11.3 Å². The van der Waals surface area contributed by atoms with Crippen molar-refractivity contribution < 1.29 is 9.63 Å². The van der Waals surface area contributed by atoms with Crippen LogP contribution in [-0.4, -0.2) is 25.1 Å². The van der Waals surface area contributed by atoms with Crippen molar-refractivity contribution in [1.29, 1.82) is 0 Å². The molecule has 2 fully saturated rings. The molecule has 1 unspecified atom stereocenters. The summed E-state index contributed by atoms with van der Waals surface area (Å²) >= 11 is 0. The molecule has 0 aromatic rings. The van der Waals surface area contributed by atoms with Crippen LogP contribution < -0.4 is 0 Å². The fraction of sp³-hybridized carbons (Fsp3) is 0.875. The number of rotatable bonds is 2. The average molecular weight is 155 g/mol. The lowest BCUT2D eigenvalue weighted by Crippen LogP contribution is -2.27. The molecular formula is C8H13NO2. The van der Waals surface area contributed by atoms with Crippen molar-refractivity contribution in [3.05, 3.63) is 0 Å². The van der Waals surface area contributed by atoms with Gasteiger partial charge in [0.05, 0.1) is 7.11 Å². The van der Waals surface area contributed by atoms with E-state index in [-0.39, 0.29) is 11.8 Å². The first-order valence-corrected chi connectivity index (χ1v) is 4.01. The van der Waals surface area contributed by atoms with Crippen LogP contribution >= 0.6 is 0 Å². The van der Waals surface area contributed by atoms with Gasteiger partial charge in [-0.3, -0.25) is 9.63 Å². The lowest BCUT2D eigenvalue weighted by molar-refractivity contribution is -0.170. The molecule has 0 aliphatic heterocycles. The molecule has 1 amide bonds. The van der Waals surface area contributed by atoms with Crippen LogP contribution in [0.2, 0.25) is 0 Å². The van der Waals surface area contributed by atoms with E-state index in [0.717, 1.165) is 6.42 Å². The van der Waals surface area contributed by atoms with Crippen molar-refractivity contribution in [3.8, 4) is 0 Å². The molecule has 1 spiro atoms. The SMILES string of the molecule is CON(C)C(=O)C1CC12CC2. The molecule has 2 aliphatic carbocycles. The standard InChI is InChI=1S/C8H13NO2/c1-9(11-2)7(10)6-5-8(6)3-4-8/h6H,3-5H2,1-2H3. The van der Waals surface area contributed by atoms with E-state index >= 15 is 0 Å². The van der Waals surface area contributed by atoms with Gasteiger partial charge in [0.1, 0.15) is 0 Å². The Labute approximate surface area is 66.3 Å². The molecule has 0 heterocycles. The van der Waals surface area contributed by atoms with Gasteiger partial charge in [0.25, 0.3) is 0 Å². The molecule has 0 aromatic carbocycles. The van der Waals surface area contributed by atoms with Crippen LogP contribution in [0.25, 0.3) is 0 Å². The molecule has 2 saturated carbocycles. The molecule has 0 saturated heterocycles. The Bertz CT molecular complexity index is 198. The van der Waals surface area contributed by atoms with E-state index < -0.39 is 0 Å². The smallest absolute Gasteiger partial charge is 0.249 e. The average Bonchev–Trinajstić information content (AvgIpc) is 2.91. The normalized spacial score (nSPS) is 30.2. The zero-order valence-electron chi connectivity index (χ0n) is 6.96. The molecule has 62 valence electrons. The first-order chi connectivity index (χ1) is 5.19. The summed E-state index contributed by atoms with van der Waals surface area (Å²) in [6, 6.07) is 0. The molecule has 11 heavy (non-hydrogen) atoms. The number of carbonyl (C=O) groups excluding carboxylic acids is 1. The maximum absolute atomic E-state index is 11.4. The summed E-state index contributed by atoms with van der Waals surface area (Å²) in [5.41, 5.74) is 0.448. The molecule has 3 nitrogen and oxygen atoms in total. The Morgan fingerprint density at radius 1 is 1.64 bits per heavy atom. The van der Waals surface area contributed by atoms with Crippen LogP contribution in [0.1, 0.15) is 19.3 Å². The summed E-state index contributed by atoms with van der Waals surface area (Å²) in [4.78, 5) is 16.2. The molecule has 0 N–H and O–H groups in total. The van der Waals surface area contributed by atoms with Gasteiger partial charge in [-0.05, 0) is 24.7 Å². The van der Waals surface area contributed by atoms with E-state index in [0.29, 0.717) is 5.41 Å². The van der Waals surface area contributed by atoms with Crippen molar-refractivity contribution >= 4 is 5.91 Å².